The highest BCUT2D eigenvalue weighted by molar-refractivity contribution is 5.96. The Hall–Kier alpha value is -2.14. The Kier molecular flexibility index (Phi) is 4.75. The van der Waals surface area contributed by atoms with Crippen LogP contribution in [-0.2, 0) is 0 Å². The molecule has 21 heavy (non-hydrogen) atoms. The molecule has 0 radical (unpaired) electrons. The van der Waals surface area contributed by atoms with Crippen LogP contribution in [0.5, 0.6) is 0 Å². The van der Waals surface area contributed by atoms with Gasteiger partial charge in [-0.25, -0.2) is 4.79 Å². The number of amides is 1. The van der Waals surface area contributed by atoms with E-state index in [9.17, 15) is 9.59 Å². The van der Waals surface area contributed by atoms with Gasteiger partial charge in [0, 0.05) is 18.0 Å². The van der Waals surface area contributed by atoms with Gasteiger partial charge >= 0.3 is 5.63 Å². The van der Waals surface area contributed by atoms with E-state index in [0.29, 0.717) is 18.0 Å². The molecule has 1 unspecified atom stereocenters. The summed E-state index contributed by atoms with van der Waals surface area (Å²) in [6.45, 7) is 4.45. The summed E-state index contributed by atoms with van der Waals surface area (Å²) in [7, 11) is 0. The van der Waals surface area contributed by atoms with Crippen LogP contribution in [0.2, 0.25) is 0 Å². The van der Waals surface area contributed by atoms with Crippen molar-refractivity contribution in [2.24, 2.45) is 11.7 Å². The van der Waals surface area contributed by atoms with E-state index in [4.69, 9.17) is 10.2 Å². The summed E-state index contributed by atoms with van der Waals surface area (Å²) in [4.78, 5) is 24.1. The van der Waals surface area contributed by atoms with Crippen molar-refractivity contribution in [3.63, 3.8) is 0 Å². The van der Waals surface area contributed by atoms with E-state index in [1.807, 2.05) is 6.07 Å². The van der Waals surface area contributed by atoms with Gasteiger partial charge in [0.05, 0.1) is 0 Å². The molecule has 0 aliphatic carbocycles. The van der Waals surface area contributed by atoms with Crippen molar-refractivity contribution >= 4 is 16.9 Å². The molecule has 5 nitrogen and oxygen atoms in total. The van der Waals surface area contributed by atoms with Crippen LogP contribution < -0.4 is 16.7 Å². The average Bonchev–Trinajstić information content (AvgIpc) is 2.45. The van der Waals surface area contributed by atoms with Crippen LogP contribution in [0.15, 0.2) is 39.5 Å². The zero-order valence-electron chi connectivity index (χ0n) is 12.3. The molecule has 5 heteroatoms. The third-order valence-corrected chi connectivity index (χ3v) is 3.26. The number of nitrogens with one attached hydrogen (secondary N) is 1. The highest BCUT2D eigenvalue weighted by Gasteiger charge is 2.17. The Morgan fingerprint density at radius 2 is 2.05 bits per heavy atom. The van der Waals surface area contributed by atoms with Crippen LogP contribution in [0, 0.1) is 5.92 Å². The number of hydrogen-bond donors (Lipinski definition) is 2. The Labute approximate surface area is 123 Å². The summed E-state index contributed by atoms with van der Waals surface area (Å²) in [5.41, 5.74) is 5.51. The quantitative estimate of drug-likeness (QED) is 0.823. The zero-order valence-corrected chi connectivity index (χ0v) is 12.3. The Bertz CT molecular complexity index is 691. The topological polar surface area (TPSA) is 85.3 Å². The van der Waals surface area contributed by atoms with E-state index >= 15 is 0 Å². The molecular weight excluding hydrogens is 268 g/mol. The first kappa shape index (κ1) is 15.3. The largest absolute Gasteiger partial charge is 0.422 e. The van der Waals surface area contributed by atoms with Crippen LogP contribution in [0.4, 0.5) is 0 Å². The van der Waals surface area contributed by atoms with E-state index in [-0.39, 0.29) is 11.6 Å². The molecule has 0 saturated carbocycles. The molecule has 1 heterocycles. The lowest BCUT2D eigenvalue weighted by atomic mass is 10.0. The predicted octanol–water partition coefficient (Wildman–Crippen LogP) is 1.90. The van der Waals surface area contributed by atoms with Gasteiger partial charge in [-0.1, -0.05) is 32.0 Å². The second-order valence-electron chi connectivity index (χ2n) is 5.52. The number of benzene rings is 1. The molecule has 1 amide bonds. The number of rotatable bonds is 5. The normalized spacial score (nSPS) is 12.6. The van der Waals surface area contributed by atoms with Crippen molar-refractivity contribution < 1.29 is 9.21 Å². The molecule has 1 aromatic carbocycles. The molecule has 0 spiro atoms. The van der Waals surface area contributed by atoms with Gasteiger partial charge in [0.2, 0.25) is 0 Å². The summed E-state index contributed by atoms with van der Waals surface area (Å²) in [6, 6.07) is 8.50. The molecule has 0 saturated heterocycles. The highest BCUT2D eigenvalue weighted by atomic mass is 16.4. The Morgan fingerprint density at radius 3 is 2.71 bits per heavy atom. The summed E-state index contributed by atoms with van der Waals surface area (Å²) >= 11 is 0. The summed E-state index contributed by atoms with van der Waals surface area (Å²) < 4.78 is 5.16. The van der Waals surface area contributed by atoms with Crippen molar-refractivity contribution in [3.8, 4) is 0 Å². The fourth-order valence-corrected chi connectivity index (χ4v) is 2.27. The smallest absolute Gasteiger partial charge is 0.349 e. The van der Waals surface area contributed by atoms with E-state index in [0.717, 1.165) is 11.8 Å². The van der Waals surface area contributed by atoms with Crippen LogP contribution in [-0.4, -0.2) is 18.5 Å². The lowest BCUT2D eigenvalue weighted by Gasteiger charge is -2.18. The predicted molar refractivity (Wildman–Crippen MR) is 82.2 cm³/mol. The number of fused-ring (bicyclic) bond motifs is 1. The summed E-state index contributed by atoms with van der Waals surface area (Å²) in [6.07, 6.45) is 0.765. The zero-order chi connectivity index (χ0) is 15.4. The number of carbonyl (C=O) groups is 1. The van der Waals surface area contributed by atoms with E-state index in [2.05, 4.69) is 19.2 Å². The minimum absolute atomic E-state index is 0.0101. The van der Waals surface area contributed by atoms with Crippen LogP contribution in [0.1, 0.15) is 30.6 Å². The molecule has 2 aromatic rings. The minimum Gasteiger partial charge on any atom is -0.422 e. The number of nitrogens with two attached hydrogens (primary N) is 1. The maximum atomic E-state index is 12.2. The summed E-state index contributed by atoms with van der Waals surface area (Å²) in [5.74, 6) is -0.0301. The average molecular weight is 288 g/mol. The molecule has 3 N–H and O–H groups in total. The molecule has 0 bridgehead atoms. The van der Waals surface area contributed by atoms with Gasteiger partial charge in [0.1, 0.15) is 11.1 Å². The van der Waals surface area contributed by atoms with E-state index in [1.165, 1.54) is 0 Å². The maximum Gasteiger partial charge on any atom is 0.349 e. The van der Waals surface area contributed by atoms with Gasteiger partial charge in [0.15, 0.2) is 0 Å². The minimum atomic E-state index is -0.633. The first-order valence-corrected chi connectivity index (χ1v) is 7.05. The second-order valence-corrected chi connectivity index (χ2v) is 5.52. The maximum absolute atomic E-state index is 12.2. The monoisotopic (exact) mass is 288 g/mol. The molecular formula is C16H20N2O3. The van der Waals surface area contributed by atoms with Crippen molar-refractivity contribution in [1.29, 1.82) is 0 Å². The number of hydrogen-bond acceptors (Lipinski definition) is 4. The van der Waals surface area contributed by atoms with E-state index < -0.39 is 11.5 Å². The van der Waals surface area contributed by atoms with E-state index in [1.54, 1.807) is 24.3 Å². The van der Waals surface area contributed by atoms with Gasteiger partial charge < -0.3 is 15.5 Å². The molecule has 2 rings (SSSR count). The van der Waals surface area contributed by atoms with Gasteiger partial charge in [0.25, 0.3) is 5.91 Å². The second kappa shape index (κ2) is 6.54. The standard InChI is InChI=1S/C16H20N2O3/c1-10(2)7-12(9-17)18-15(19)13-8-11-5-3-4-6-14(11)21-16(13)20/h3-6,8,10,12H,7,9,17H2,1-2H3,(H,18,19). The van der Waals surface area contributed by atoms with Crippen molar-refractivity contribution in [2.75, 3.05) is 6.54 Å². The lowest BCUT2D eigenvalue weighted by Crippen LogP contribution is -2.42. The number of para-hydroxylation sites is 1. The van der Waals surface area contributed by atoms with Gasteiger partial charge in [-0.3, -0.25) is 4.79 Å². The lowest BCUT2D eigenvalue weighted by molar-refractivity contribution is 0.0930. The van der Waals surface area contributed by atoms with Crippen LogP contribution >= 0.6 is 0 Å². The van der Waals surface area contributed by atoms with Gasteiger partial charge in [-0.2, -0.15) is 0 Å². The Morgan fingerprint density at radius 1 is 1.33 bits per heavy atom. The molecule has 1 aromatic heterocycles. The molecule has 0 fully saturated rings. The summed E-state index contributed by atoms with van der Waals surface area (Å²) in [5, 5.41) is 3.51. The van der Waals surface area contributed by atoms with Gasteiger partial charge in [-0.15, -0.1) is 0 Å². The van der Waals surface area contributed by atoms with Crippen LogP contribution in [0.25, 0.3) is 11.0 Å². The van der Waals surface area contributed by atoms with Crippen molar-refractivity contribution in [1.82, 2.24) is 5.32 Å². The molecule has 0 aliphatic heterocycles. The SMILES string of the molecule is CC(C)CC(CN)NC(=O)c1cc2ccccc2oc1=O. The fraction of sp³-hybridized carbons (Fsp3) is 0.375. The Balaban J connectivity index is 2.26. The van der Waals surface area contributed by atoms with Crippen molar-refractivity contribution in [2.45, 2.75) is 26.3 Å². The van der Waals surface area contributed by atoms with Crippen molar-refractivity contribution in [3.05, 3.63) is 46.3 Å². The molecule has 1 atom stereocenters. The third-order valence-electron chi connectivity index (χ3n) is 3.26. The van der Waals surface area contributed by atoms with Gasteiger partial charge in [-0.05, 0) is 24.5 Å². The highest BCUT2D eigenvalue weighted by Crippen LogP contribution is 2.13. The first-order chi connectivity index (χ1) is 10.0. The fourth-order valence-electron chi connectivity index (χ4n) is 2.27. The third kappa shape index (κ3) is 3.70. The van der Waals surface area contributed by atoms with Crippen LogP contribution in [0.3, 0.4) is 0 Å². The molecule has 112 valence electrons. The molecule has 0 aliphatic rings. The number of carbonyl (C=O) groups excluding carboxylic acids is 1. The first-order valence-electron chi connectivity index (χ1n) is 7.05.